The number of alkyl halides is 1. The van der Waals surface area contributed by atoms with Crippen molar-refractivity contribution in [3.05, 3.63) is 26.6 Å². The maximum Gasteiger partial charge on any atom is 0.252 e. The Kier molecular flexibility index (Phi) is 6.04. The van der Waals surface area contributed by atoms with Crippen LogP contribution in [0.3, 0.4) is 0 Å². The predicted octanol–water partition coefficient (Wildman–Crippen LogP) is 3.50. The van der Waals surface area contributed by atoms with E-state index in [1.807, 2.05) is 6.92 Å². The molecular formula is C13H15Br2ClN2O2. The maximum atomic E-state index is 12.3. The van der Waals surface area contributed by atoms with Crippen LogP contribution >= 0.6 is 43.5 Å². The van der Waals surface area contributed by atoms with E-state index in [0.717, 1.165) is 0 Å². The van der Waals surface area contributed by atoms with Crippen molar-refractivity contribution >= 4 is 60.8 Å². The number of nitrogens with two attached hydrogens (primary N) is 1. The fourth-order valence-electron chi connectivity index (χ4n) is 1.54. The van der Waals surface area contributed by atoms with E-state index in [1.54, 1.807) is 19.1 Å². The average Bonchev–Trinajstić information content (AvgIpc) is 2.42. The minimum absolute atomic E-state index is 0.139. The smallest absolute Gasteiger partial charge is 0.252 e. The van der Waals surface area contributed by atoms with Gasteiger partial charge in [0.15, 0.2) is 5.78 Å². The van der Waals surface area contributed by atoms with Crippen molar-refractivity contribution < 1.29 is 9.59 Å². The lowest BCUT2D eigenvalue weighted by molar-refractivity contribution is -0.122. The van der Waals surface area contributed by atoms with Gasteiger partial charge in [0.25, 0.3) is 5.91 Å². The standard InChI is InChI=1S/C13H15Br2ClN2O2/c1-3-13(2,10(19)6-16)18-12(20)7-4-8(14)11(17)9(15)5-7/h4-5H,3,6,17H2,1-2H3,(H,18,20). The van der Waals surface area contributed by atoms with Gasteiger partial charge in [-0.05, 0) is 57.3 Å². The number of anilines is 1. The largest absolute Gasteiger partial charge is 0.397 e. The SMILES string of the molecule is CCC(C)(NC(=O)c1cc(Br)c(N)c(Br)c1)C(=O)CCl. The molecule has 0 radical (unpaired) electrons. The number of rotatable bonds is 5. The molecule has 0 spiro atoms. The van der Waals surface area contributed by atoms with E-state index in [9.17, 15) is 9.59 Å². The van der Waals surface area contributed by atoms with Crippen molar-refractivity contribution in [2.45, 2.75) is 25.8 Å². The Labute approximate surface area is 139 Å². The topological polar surface area (TPSA) is 72.2 Å². The molecule has 0 aliphatic carbocycles. The first-order valence-electron chi connectivity index (χ1n) is 5.91. The number of halogens is 3. The predicted molar refractivity (Wildman–Crippen MR) is 88.1 cm³/mol. The van der Waals surface area contributed by atoms with Crippen molar-refractivity contribution in [1.82, 2.24) is 5.32 Å². The quantitative estimate of drug-likeness (QED) is 0.559. The van der Waals surface area contributed by atoms with Crippen molar-refractivity contribution in [2.75, 3.05) is 11.6 Å². The van der Waals surface area contributed by atoms with Gasteiger partial charge in [-0.3, -0.25) is 9.59 Å². The maximum absolute atomic E-state index is 12.3. The molecule has 4 nitrogen and oxygen atoms in total. The number of carbonyl (C=O) groups excluding carboxylic acids is 2. The number of nitrogen functional groups attached to an aromatic ring is 1. The van der Waals surface area contributed by atoms with Crippen molar-refractivity contribution in [3.63, 3.8) is 0 Å². The Hall–Kier alpha value is -0.590. The van der Waals surface area contributed by atoms with Gasteiger partial charge in [0.2, 0.25) is 0 Å². The number of hydrogen-bond donors (Lipinski definition) is 2. The third-order valence-electron chi connectivity index (χ3n) is 3.17. The van der Waals surface area contributed by atoms with Gasteiger partial charge in [-0.15, -0.1) is 11.6 Å². The number of nitrogens with one attached hydrogen (secondary N) is 1. The Morgan fingerprint density at radius 1 is 1.35 bits per heavy atom. The van der Waals surface area contributed by atoms with Gasteiger partial charge in [-0.2, -0.15) is 0 Å². The second kappa shape index (κ2) is 6.91. The normalized spacial score (nSPS) is 13.7. The Morgan fingerprint density at radius 2 is 1.85 bits per heavy atom. The van der Waals surface area contributed by atoms with Crippen LogP contribution < -0.4 is 11.1 Å². The summed E-state index contributed by atoms with van der Waals surface area (Å²) < 4.78 is 1.22. The van der Waals surface area contributed by atoms with E-state index >= 15 is 0 Å². The first kappa shape index (κ1) is 17.5. The minimum Gasteiger partial charge on any atom is -0.397 e. The summed E-state index contributed by atoms with van der Waals surface area (Å²) in [4.78, 5) is 24.1. The van der Waals surface area contributed by atoms with Gasteiger partial charge >= 0.3 is 0 Å². The summed E-state index contributed by atoms with van der Waals surface area (Å²) in [7, 11) is 0. The van der Waals surface area contributed by atoms with E-state index in [1.165, 1.54) is 0 Å². The van der Waals surface area contributed by atoms with Gasteiger partial charge in [-0.25, -0.2) is 0 Å². The number of Topliss-reactive ketones (excluding diaryl/α,β-unsaturated/α-hetero) is 1. The lowest BCUT2D eigenvalue weighted by atomic mass is 9.93. The summed E-state index contributed by atoms with van der Waals surface area (Å²) in [6.45, 7) is 3.48. The molecular weight excluding hydrogens is 411 g/mol. The molecule has 1 aromatic carbocycles. The van der Waals surface area contributed by atoms with E-state index in [-0.39, 0.29) is 17.6 Å². The molecule has 7 heteroatoms. The monoisotopic (exact) mass is 424 g/mol. The van der Waals surface area contributed by atoms with E-state index < -0.39 is 5.54 Å². The second-order valence-corrected chi connectivity index (χ2v) is 6.53. The number of amides is 1. The molecule has 0 saturated carbocycles. The lowest BCUT2D eigenvalue weighted by Crippen LogP contribution is -2.52. The molecule has 0 aliphatic rings. The zero-order chi connectivity index (χ0) is 15.5. The molecule has 20 heavy (non-hydrogen) atoms. The van der Waals surface area contributed by atoms with Crippen molar-refractivity contribution in [1.29, 1.82) is 0 Å². The highest BCUT2D eigenvalue weighted by atomic mass is 79.9. The fourth-order valence-corrected chi connectivity index (χ4v) is 3.02. The van der Waals surface area contributed by atoms with Crippen LogP contribution in [0.1, 0.15) is 30.6 Å². The fraction of sp³-hybridized carbons (Fsp3) is 0.385. The molecule has 110 valence electrons. The zero-order valence-electron chi connectivity index (χ0n) is 11.1. The van der Waals surface area contributed by atoms with Crippen molar-refractivity contribution in [2.24, 2.45) is 0 Å². The van der Waals surface area contributed by atoms with E-state index in [0.29, 0.717) is 26.6 Å². The van der Waals surface area contributed by atoms with Gasteiger partial charge in [0, 0.05) is 14.5 Å². The molecule has 0 aromatic heterocycles. The third kappa shape index (κ3) is 3.74. The highest BCUT2D eigenvalue weighted by Crippen LogP contribution is 2.29. The van der Waals surface area contributed by atoms with Crippen molar-refractivity contribution in [3.8, 4) is 0 Å². The molecule has 1 aromatic rings. The van der Waals surface area contributed by atoms with E-state index in [4.69, 9.17) is 17.3 Å². The summed E-state index contributed by atoms with van der Waals surface area (Å²) >= 11 is 12.1. The second-order valence-electron chi connectivity index (χ2n) is 4.55. The molecule has 3 N–H and O–H groups in total. The molecule has 1 unspecified atom stereocenters. The Balaban J connectivity index is 3.05. The van der Waals surface area contributed by atoms with Gasteiger partial charge in [0.1, 0.15) is 0 Å². The number of benzene rings is 1. The van der Waals surface area contributed by atoms with Crippen LogP contribution in [0.15, 0.2) is 21.1 Å². The minimum atomic E-state index is -0.973. The van der Waals surface area contributed by atoms with Crippen LogP contribution in [0.4, 0.5) is 5.69 Å². The molecule has 0 bridgehead atoms. The molecule has 0 saturated heterocycles. The molecule has 1 rings (SSSR count). The Bertz CT molecular complexity index is 528. The van der Waals surface area contributed by atoms with Gasteiger partial charge in [-0.1, -0.05) is 6.92 Å². The molecule has 1 atom stereocenters. The lowest BCUT2D eigenvalue weighted by Gasteiger charge is -2.27. The number of hydrogen-bond acceptors (Lipinski definition) is 3. The van der Waals surface area contributed by atoms with E-state index in [2.05, 4.69) is 37.2 Å². The highest BCUT2D eigenvalue weighted by molar-refractivity contribution is 9.11. The Morgan fingerprint density at radius 3 is 2.25 bits per heavy atom. The van der Waals surface area contributed by atoms with Crippen LogP contribution in [0.25, 0.3) is 0 Å². The van der Waals surface area contributed by atoms with Crippen LogP contribution in [0, 0.1) is 0 Å². The summed E-state index contributed by atoms with van der Waals surface area (Å²) in [5.41, 5.74) is 5.72. The van der Waals surface area contributed by atoms with Crippen LogP contribution in [0.5, 0.6) is 0 Å². The number of ketones is 1. The van der Waals surface area contributed by atoms with Crippen LogP contribution in [-0.2, 0) is 4.79 Å². The summed E-state index contributed by atoms with van der Waals surface area (Å²) in [5.74, 6) is -0.711. The molecule has 0 fully saturated rings. The zero-order valence-corrected chi connectivity index (χ0v) is 15.0. The third-order valence-corrected chi connectivity index (χ3v) is 4.73. The summed E-state index contributed by atoms with van der Waals surface area (Å²) in [5, 5.41) is 2.73. The summed E-state index contributed by atoms with van der Waals surface area (Å²) in [6, 6.07) is 3.22. The van der Waals surface area contributed by atoms with Crippen LogP contribution in [-0.4, -0.2) is 23.1 Å². The van der Waals surface area contributed by atoms with Gasteiger partial charge < -0.3 is 11.1 Å². The van der Waals surface area contributed by atoms with Gasteiger partial charge in [0.05, 0.1) is 17.1 Å². The molecule has 1 amide bonds. The molecule has 0 heterocycles. The van der Waals surface area contributed by atoms with Crippen LogP contribution in [0.2, 0.25) is 0 Å². The average molecular weight is 427 g/mol. The molecule has 0 aliphatic heterocycles. The first-order chi connectivity index (χ1) is 9.25. The highest BCUT2D eigenvalue weighted by Gasteiger charge is 2.32. The number of carbonyl (C=O) groups is 2. The first-order valence-corrected chi connectivity index (χ1v) is 8.03. The summed E-state index contributed by atoms with van der Waals surface area (Å²) in [6.07, 6.45) is 0.460.